The zero-order chi connectivity index (χ0) is 22.4. The van der Waals surface area contributed by atoms with Crippen molar-refractivity contribution in [2.24, 2.45) is 0 Å². The summed E-state index contributed by atoms with van der Waals surface area (Å²) in [5, 5.41) is 2.72. The highest BCUT2D eigenvalue weighted by molar-refractivity contribution is 7.92. The standard InChI is InChI=1S/C23H22N2O5S/c1-3-30-23(27)17-9-11-19(12-10-17)24-22(26)18-5-4-6-20(15-18)25-31(28,29)21-13-7-16(2)8-14-21/h4-15,25H,3H2,1-2H3,(H,24,26). The van der Waals surface area contributed by atoms with Crippen molar-refractivity contribution < 1.29 is 22.7 Å². The molecule has 0 aromatic heterocycles. The van der Waals surface area contributed by atoms with E-state index in [9.17, 15) is 18.0 Å². The Balaban J connectivity index is 1.71. The number of carbonyl (C=O) groups is 2. The number of rotatable bonds is 7. The Morgan fingerprint density at radius 3 is 2.19 bits per heavy atom. The molecule has 0 aliphatic rings. The maximum Gasteiger partial charge on any atom is 0.338 e. The van der Waals surface area contributed by atoms with Gasteiger partial charge in [0, 0.05) is 16.9 Å². The van der Waals surface area contributed by atoms with E-state index in [-0.39, 0.29) is 22.8 Å². The molecule has 0 aliphatic carbocycles. The van der Waals surface area contributed by atoms with Crippen molar-refractivity contribution in [3.63, 3.8) is 0 Å². The summed E-state index contributed by atoms with van der Waals surface area (Å²) >= 11 is 0. The van der Waals surface area contributed by atoms with Crippen LogP contribution >= 0.6 is 0 Å². The Morgan fingerprint density at radius 2 is 1.55 bits per heavy atom. The minimum absolute atomic E-state index is 0.134. The molecule has 0 radical (unpaired) electrons. The number of hydrogen-bond donors (Lipinski definition) is 2. The Hall–Kier alpha value is -3.65. The van der Waals surface area contributed by atoms with Crippen molar-refractivity contribution in [3.8, 4) is 0 Å². The van der Waals surface area contributed by atoms with Gasteiger partial charge in [-0.25, -0.2) is 13.2 Å². The summed E-state index contributed by atoms with van der Waals surface area (Å²) < 4.78 is 32.6. The fourth-order valence-electron chi connectivity index (χ4n) is 2.76. The lowest BCUT2D eigenvalue weighted by Crippen LogP contribution is -2.15. The molecule has 3 aromatic carbocycles. The van der Waals surface area contributed by atoms with Gasteiger partial charge >= 0.3 is 5.97 Å². The molecule has 0 unspecified atom stereocenters. The van der Waals surface area contributed by atoms with Crippen LogP contribution in [0.1, 0.15) is 33.2 Å². The highest BCUT2D eigenvalue weighted by Crippen LogP contribution is 2.19. The number of sulfonamides is 1. The quantitative estimate of drug-likeness (QED) is 0.538. The van der Waals surface area contributed by atoms with Crippen molar-refractivity contribution in [1.82, 2.24) is 0 Å². The summed E-state index contributed by atoms with van der Waals surface area (Å²) in [6.45, 7) is 3.87. The number of hydrogen-bond acceptors (Lipinski definition) is 5. The molecule has 7 nitrogen and oxygen atoms in total. The molecule has 0 saturated heterocycles. The van der Waals surface area contributed by atoms with Crippen molar-refractivity contribution >= 4 is 33.3 Å². The molecule has 3 aromatic rings. The molecule has 1 amide bonds. The van der Waals surface area contributed by atoms with Crippen LogP contribution in [0.3, 0.4) is 0 Å². The Labute approximate surface area is 181 Å². The first-order valence-electron chi connectivity index (χ1n) is 9.56. The number of benzene rings is 3. The molecule has 0 fully saturated rings. The molecule has 0 atom stereocenters. The summed E-state index contributed by atoms with van der Waals surface area (Å²) in [5.74, 6) is -0.853. The second kappa shape index (κ2) is 9.44. The van der Waals surface area contributed by atoms with Gasteiger partial charge in [0.15, 0.2) is 0 Å². The lowest BCUT2D eigenvalue weighted by molar-refractivity contribution is 0.0526. The zero-order valence-corrected chi connectivity index (χ0v) is 17.9. The van der Waals surface area contributed by atoms with Crippen LogP contribution < -0.4 is 10.0 Å². The van der Waals surface area contributed by atoms with Gasteiger partial charge in [-0.3, -0.25) is 9.52 Å². The Morgan fingerprint density at radius 1 is 0.871 bits per heavy atom. The van der Waals surface area contributed by atoms with Gasteiger partial charge in [0.2, 0.25) is 0 Å². The Kier molecular flexibility index (Phi) is 6.71. The van der Waals surface area contributed by atoms with Crippen LogP contribution in [-0.2, 0) is 14.8 Å². The monoisotopic (exact) mass is 438 g/mol. The van der Waals surface area contributed by atoms with Crippen molar-refractivity contribution in [2.75, 3.05) is 16.6 Å². The van der Waals surface area contributed by atoms with Crippen LogP contribution in [0, 0.1) is 6.92 Å². The van der Waals surface area contributed by atoms with Crippen molar-refractivity contribution in [3.05, 3.63) is 89.5 Å². The van der Waals surface area contributed by atoms with Gasteiger partial charge < -0.3 is 10.1 Å². The summed E-state index contributed by atoms with van der Waals surface area (Å²) in [7, 11) is -3.77. The second-order valence-electron chi connectivity index (χ2n) is 6.75. The third kappa shape index (κ3) is 5.70. The van der Waals surface area contributed by atoms with Gasteiger partial charge in [-0.1, -0.05) is 23.8 Å². The fourth-order valence-corrected chi connectivity index (χ4v) is 3.81. The van der Waals surface area contributed by atoms with E-state index in [2.05, 4.69) is 10.0 Å². The molecular formula is C23H22N2O5S. The van der Waals surface area contributed by atoms with Crippen molar-refractivity contribution in [1.29, 1.82) is 0 Å². The van der Waals surface area contributed by atoms with Gasteiger partial charge in [0.1, 0.15) is 0 Å². The smallest absolute Gasteiger partial charge is 0.338 e. The first kappa shape index (κ1) is 22.0. The van der Waals surface area contributed by atoms with Gasteiger partial charge in [-0.05, 0) is 68.4 Å². The number of aryl methyl sites for hydroxylation is 1. The number of ether oxygens (including phenoxy) is 1. The fraction of sp³-hybridized carbons (Fsp3) is 0.130. The molecule has 0 aliphatic heterocycles. The lowest BCUT2D eigenvalue weighted by Gasteiger charge is -2.10. The SMILES string of the molecule is CCOC(=O)c1ccc(NC(=O)c2cccc(NS(=O)(=O)c3ccc(C)cc3)c2)cc1. The Bertz CT molecular complexity index is 1190. The average Bonchev–Trinajstić information content (AvgIpc) is 2.74. The topological polar surface area (TPSA) is 102 Å². The maximum absolute atomic E-state index is 12.6. The molecule has 0 bridgehead atoms. The van der Waals surface area contributed by atoms with E-state index in [4.69, 9.17) is 4.74 Å². The third-order valence-electron chi connectivity index (χ3n) is 4.36. The molecule has 2 N–H and O–H groups in total. The van der Waals surface area contributed by atoms with Crippen LogP contribution in [0.2, 0.25) is 0 Å². The summed E-state index contributed by atoms with van der Waals surface area (Å²) in [6.07, 6.45) is 0. The number of amides is 1. The highest BCUT2D eigenvalue weighted by atomic mass is 32.2. The molecule has 160 valence electrons. The van der Waals surface area contributed by atoms with Crippen molar-refractivity contribution in [2.45, 2.75) is 18.7 Å². The van der Waals surface area contributed by atoms with Crippen LogP contribution in [0.4, 0.5) is 11.4 Å². The molecule has 0 heterocycles. The van der Waals surface area contributed by atoms with Crippen LogP contribution in [0.15, 0.2) is 77.7 Å². The van der Waals surface area contributed by atoms with E-state index in [1.54, 1.807) is 61.5 Å². The van der Waals surface area contributed by atoms with Gasteiger partial charge in [0.25, 0.3) is 15.9 Å². The predicted octanol–water partition coefficient (Wildman–Crippen LogP) is 4.22. The first-order valence-corrected chi connectivity index (χ1v) is 11.0. The zero-order valence-electron chi connectivity index (χ0n) is 17.1. The van der Waals surface area contributed by atoms with Crippen LogP contribution in [-0.4, -0.2) is 26.9 Å². The minimum atomic E-state index is -3.77. The van der Waals surface area contributed by atoms with E-state index >= 15 is 0 Å². The number of carbonyl (C=O) groups excluding carboxylic acids is 2. The minimum Gasteiger partial charge on any atom is -0.462 e. The second-order valence-corrected chi connectivity index (χ2v) is 8.43. The van der Waals surface area contributed by atoms with Gasteiger partial charge in [0.05, 0.1) is 17.1 Å². The van der Waals surface area contributed by atoms with E-state index in [0.717, 1.165) is 5.56 Å². The molecule has 8 heteroatoms. The molecule has 3 rings (SSSR count). The number of nitrogens with one attached hydrogen (secondary N) is 2. The molecular weight excluding hydrogens is 416 g/mol. The van der Waals surface area contributed by atoms with E-state index < -0.39 is 21.9 Å². The van der Waals surface area contributed by atoms with Crippen LogP contribution in [0.5, 0.6) is 0 Å². The van der Waals surface area contributed by atoms with Gasteiger partial charge in [-0.15, -0.1) is 0 Å². The summed E-state index contributed by atoms with van der Waals surface area (Å²) in [6, 6.07) is 18.9. The lowest BCUT2D eigenvalue weighted by atomic mass is 10.1. The highest BCUT2D eigenvalue weighted by Gasteiger charge is 2.15. The molecule has 0 spiro atoms. The predicted molar refractivity (Wildman–Crippen MR) is 119 cm³/mol. The van der Waals surface area contributed by atoms with Crippen LogP contribution in [0.25, 0.3) is 0 Å². The maximum atomic E-state index is 12.6. The molecule has 0 saturated carbocycles. The van der Waals surface area contributed by atoms with E-state index in [0.29, 0.717) is 11.3 Å². The number of esters is 1. The van der Waals surface area contributed by atoms with Gasteiger partial charge in [-0.2, -0.15) is 0 Å². The van der Waals surface area contributed by atoms with E-state index in [1.807, 2.05) is 6.92 Å². The third-order valence-corrected chi connectivity index (χ3v) is 5.76. The van der Waals surface area contributed by atoms with E-state index in [1.165, 1.54) is 18.2 Å². The largest absolute Gasteiger partial charge is 0.462 e. The molecule has 31 heavy (non-hydrogen) atoms. The summed E-state index contributed by atoms with van der Waals surface area (Å²) in [4.78, 5) is 24.4. The average molecular weight is 439 g/mol. The normalized spacial score (nSPS) is 10.9. The summed E-state index contributed by atoms with van der Waals surface area (Å²) in [5.41, 5.74) is 2.37. The number of anilines is 2. The first-order chi connectivity index (χ1) is 14.8.